The Morgan fingerprint density at radius 3 is 2.88 bits per heavy atom. The molecule has 3 aromatic rings. The van der Waals surface area contributed by atoms with Crippen LogP contribution in [-0.2, 0) is 18.4 Å². The van der Waals surface area contributed by atoms with Crippen LogP contribution in [0, 0.1) is 0 Å². The summed E-state index contributed by atoms with van der Waals surface area (Å²) in [6, 6.07) is 9.30. The second-order valence-corrected chi connectivity index (χ2v) is 6.41. The number of nitrogen functional groups attached to an aromatic ring is 1. The number of aromatic nitrogens is 2. The first-order chi connectivity index (χ1) is 11.9. The number of nitrogens with two attached hydrogens (primary N) is 1. The Labute approximate surface area is 151 Å². The van der Waals surface area contributed by atoms with Gasteiger partial charge >= 0.3 is 0 Å². The van der Waals surface area contributed by atoms with Crippen LogP contribution < -0.4 is 5.73 Å². The molecule has 0 spiro atoms. The van der Waals surface area contributed by atoms with Gasteiger partial charge in [-0.3, -0.25) is 4.79 Å². The van der Waals surface area contributed by atoms with Gasteiger partial charge in [0.2, 0.25) is 5.91 Å². The van der Waals surface area contributed by atoms with E-state index in [9.17, 15) is 4.79 Å². The van der Waals surface area contributed by atoms with Gasteiger partial charge in [-0.05, 0) is 41.5 Å². The molecule has 3 rings (SSSR count). The topological polar surface area (TPSA) is 64.2 Å². The van der Waals surface area contributed by atoms with E-state index in [1.54, 1.807) is 30.3 Å². The van der Waals surface area contributed by atoms with E-state index in [2.05, 4.69) is 4.98 Å². The number of pyridine rings is 1. The van der Waals surface area contributed by atoms with E-state index in [0.717, 1.165) is 22.0 Å². The average Bonchev–Trinajstić information content (AvgIpc) is 2.89. The minimum Gasteiger partial charge on any atom is -0.384 e. The third kappa shape index (κ3) is 3.83. The number of carbonyl (C=O) groups is 1. The van der Waals surface area contributed by atoms with Crippen molar-refractivity contribution in [3.8, 4) is 0 Å². The molecule has 0 aliphatic carbocycles. The number of anilines is 1. The SMILES string of the molecule is CN(Cc1cn(C)c2cc(Cl)ccc12)C(=O)C=Cc1ccc(N)nc1. The van der Waals surface area contributed by atoms with E-state index in [0.29, 0.717) is 17.4 Å². The Kier molecular flexibility index (Phi) is 4.76. The summed E-state index contributed by atoms with van der Waals surface area (Å²) in [5.41, 5.74) is 8.51. The fraction of sp³-hybridized carbons (Fsp3) is 0.158. The summed E-state index contributed by atoms with van der Waals surface area (Å²) in [4.78, 5) is 18.0. The molecule has 2 aromatic heterocycles. The van der Waals surface area contributed by atoms with Crippen LogP contribution in [0.3, 0.4) is 0 Å². The molecule has 0 fully saturated rings. The molecular formula is C19H19ClN4O. The minimum atomic E-state index is -0.0807. The zero-order valence-corrected chi connectivity index (χ0v) is 14.9. The number of nitrogens with zero attached hydrogens (tertiary/aromatic N) is 3. The normalized spacial score (nSPS) is 11.3. The lowest BCUT2D eigenvalue weighted by Gasteiger charge is -2.14. The molecule has 0 aliphatic rings. The maximum atomic E-state index is 12.4. The maximum absolute atomic E-state index is 12.4. The van der Waals surface area contributed by atoms with Crippen LogP contribution >= 0.6 is 11.6 Å². The second-order valence-electron chi connectivity index (χ2n) is 5.97. The van der Waals surface area contributed by atoms with Gasteiger partial charge in [0.1, 0.15) is 5.82 Å². The number of hydrogen-bond acceptors (Lipinski definition) is 3. The number of amides is 1. The smallest absolute Gasteiger partial charge is 0.246 e. The molecule has 1 aromatic carbocycles. The molecule has 0 bridgehead atoms. The molecule has 1 amide bonds. The molecule has 128 valence electrons. The Morgan fingerprint density at radius 1 is 1.36 bits per heavy atom. The van der Waals surface area contributed by atoms with Crippen molar-refractivity contribution in [1.82, 2.24) is 14.5 Å². The van der Waals surface area contributed by atoms with Crippen LogP contribution in [0.1, 0.15) is 11.1 Å². The van der Waals surface area contributed by atoms with Gasteiger partial charge in [0, 0.05) is 55.0 Å². The number of halogens is 1. The quantitative estimate of drug-likeness (QED) is 0.729. The third-order valence-corrected chi connectivity index (χ3v) is 4.28. The fourth-order valence-corrected chi connectivity index (χ4v) is 2.88. The van der Waals surface area contributed by atoms with Crippen LogP contribution in [0.25, 0.3) is 17.0 Å². The molecule has 0 atom stereocenters. The Hall–Kier alpha value is -2.79. The first kappa shape index (κ1) is 17.0. The van der Waals surface area contributed by atoms with Crippen molar-refractivity contribution in [2.24, 2.45) is 7.05 Å². The van der Waals surface area contributed by atoms with Gasteiger partial charge in [-0.25, -0.2) is 4.98 Å². The summed E-state index contributed by atoms with van der Waals surface area (Å²) in [7, 11) is 3.75. The van der Waals surface area contributed by atoms with E-state index in [1.807, 2.05) is 42.1 Å². The second kappa shape index (κ2) is 6.99. The molecule has 0 saturated carbocycles. The first-order valence-electron chi connectivity index (χ1n) is 7.82. The van der Waals surface area contributed by atoms with Gasteiger partial charge < -0.3 is 15.2 Å². The van der Waals surface area contributed by atoms with E-state index in [-0.39, 0.29) is 5.91 Å². The largest absolute Gasteiger partial charge is 0.384 e. The highest BCUT2D eigenvalue weighted by atomic mass is 35.5. The number of aryl methyl sites for hydroxylation is 1. The van der Waals surface area contributed by atoms with Crippen molar-refractivity contribution in [3.05, 3.63) is 65.0 Å². The Bertz CT molecular complexity index is 944. The predicted molar refractivity (Wildman–Crippen MR) is 102 cm³/mol. The van der Waals surface area contributed by atoms with E-state index in [4.69, 9.17) is 17.3 Å². The van der Waals surface area contributed by atoms with Crippen LogP contribution in [0.15, 0.2) is 48.8 Å². The van der Waals surface area contributed by atoms with Crippen molar-refractivity contribution in [3.63, 3.8) is 0 Å². The average molecular weight is 355 g/mol. The number of benzene rings is 1. The molecular weight excluding hydrogens is 336 g/mol. The van der Waals surface area contributed by atoms with Gasteiger partial charge in [-0.15, -0.1) is 0 Å². The number of fused-ring (bicyclic) bond motifs is 1. The van der Waals surface area contributed by atoms with Gasteiger partial charge in [0.15, 0.2) is 0 Å². The van der Waals surface area contributed by atoms with Gasteiger partial charge in [-0.2, -0.15) is 0 Å². The number of likely N-dealkylation sites (N-methyl/N-ethyl adjacent to an activating group) is 1. The van der Waals surface area contributed by atoms with Crippen molar-refractivity contribution in [1.29, 1.82) is 0 Å². The van der Waals surface area contributed by atoms with E-state index < -0.39 is 0 Å². The lowest BCUT2D eigenvalue weighted by molar-refractivity contribution is -0.125. The van der Waals surface area contributed by atoms with Gasteiger partial charge in [0.05, 0.1) is 0 Å². The molecule has 6 heteroatoms. The van der Waals surface area contributed by atoms with Crippen LogP contribution in [0.5, 0.6) is 0 Å². The van der Waals surface area contributed by atoms with Crippen molar-refractivity contribution >= 4 is 40.3 Å². The van der Waals surface area contributed by atoms with Crippen molar-refractivity contribution < 1.29 is 4.79 Å². The summed E-state index contributed by atoms with van der Waals surface area (Å²) >= 11 is 6.07. The highest BCUT2D eigenvalue weighted by Crippen LogP contribution is 2.25. The lowest BCUT2D eigenvalue weighted by atomic mass is 10.1. The summed E-state index contributed by atoms with van der Waals surface area (Å²) in [6.07, 6.45) is 6.93. The van der Waals surface area contributed by atoms with Gasteiger partial charge in [-0.1, -0.05) is 17.7 Å². The fourth-order valence-electron chi connectivity index (χ4n) is 2.71. The molecule has 0 aliphatic heterocycles. The zero-order chi connectivity index (χ0) is 18.0. The number of hydrogen-bond donors (Lipinski definition) is 1. The van der Waals surface area contributed by atoms with Crippen molar-refractivity contribution in [2.45, 2.75) is 6.54 Å². The molecule has 0 saturated heterocycles. The molecule has 0 unspecified atom stereocenters. The summed E-state index contributed by atoms with van der Waals surface area (Å²) in [6.45, 7) is 0.516. The summed E-state index contributed by atoms with van der Waals surface area (Å²) in [5.74, 6) is 0.374. The Morgan fingerprint density at radius 2 is 2.16 bits per heavy atom. The van der Waals surface area contributed by atoms with Crippen LogP contribution in [-0.4, -0.2) is 27.4 Å². The molecule has 2 N–H and O–H groups in total. The first-order valence-corrected chi connectivity index (χ1v) is 8.20. The maximum Gasteiger partial charge on any atom is 0.246 e. The molecule has 5 nitrogen and oxygen atoms in total. The number of carbonyl (C=O) groups excluding carboxylic acids is 1. The summed E-state index contributed by atoms with van der Waals surface area (Å²) < 4.78 is 2.02. The Balaban J connectivity index is 1.74. The highest BCUT2D eigenvalue weighted by molar-refractivity contribution is 6.31. The third-order valence-electron chi connectivity index (χ3n) is 4.05. The zero-order valence-electron chi connectivity index (χ0n) is 14.1. The standard InChI is InChI=1S/C19H19ClN4O/c1-23-11-14(16-6-5-15(20)9-17(16)23)12-24(2)19(25)8-4-13-3-7-18(21)22-10-13/h3-11H,12H2,1-2H3,(H2,21,22). The van der Waals surface area contributed by atoms with Crippen LogP contribution in [0.4, 0.5) is 5.82 Å². The highest BCUT2D eigenvalue weighted by Gasteiger charge is 2.11. The molecule has 25 heavy (non-hydrogen) atoms. The monoisotopic (exact) mass is 354 g/mol. The van der Waals surface area contributed by atoms with E-state index in [1.165, 1.54) is 6.08 Å². The van der Waals surface area contributed by atoms with Crippen LogP contribution in [0.2, 0.25) is 5.02 Å². The number of rotatable bonds is 4. The van der Waals surface area contributed by atoms with E-state index >= 15 is 0 Å². The summed E-state index contributed by atoms with van der Waals surface area (Å²) in [5, 5.41) is 1.79. The van der Waals surface area contributed by atoms with Gasteiger partial charge in [0.25, 0.3) is 0 Å². The molecule has 2 heterocycles. The lowest BCUT2D eigenvalue weighted by Crippen LogP contribution is -2.24. The predicted octanol–water partition coefficient (Wildman–Crippen LogP) is 3.48. The molecule has 0 radical (unpaired) electrons. The minimum absolute atomic E-state index is 0.0807. The van der Waals surface area contributed by atoms with Crippen molar-refractivity contribution in [2.75, 3.05) is 12.8 Å².